The van der Waals surface area contributed by atoms with E-state index in [1.54, 1.807) is 19.2 Å². The van der Waals surface area contributed by atoms with Crippen molar-refractivity contribution in [2.24, 2.45) is 4.99 Å². The van der Waals surface area contributed by atoms with Crippen LogP contribution >= 0.6 is 24.0 Å². The third-order valence-corrected chi connectivity index (χ3v) is 3.69. The van der Waals surface area contributed by atoms with Gasteiger partial charge in [-0.25, -0.2) is 4.39 Å². The Morgan fingerprint density at radius 1 is 1.30 bits per heavy atom. The van der Waals surface area contributed by atoms with E-state index in [0.29, 0.717) is 17.7 Å². The molecule has 0 unspecified atom stereocenters. The number of halogens is 2. The summed E-state index contributed by atoms with van der Waals surface area (Å²) in [6.07, 6.45) is 6.02. The molecule has 7 heteroatoms. The first kappa shape index (κ1) is 19.7. The lowest BCUT2D eigenvalue weighted by Crippen LogP contribution is -2.46. The molecule has 1 aromatic rings. The molecule has 1 aliphatic rings. The van der Waals surface area contributed by atoms with E-state index in [-0.39, 0.29) is 42.2 Å². The van der Waals surface area contributed by atoms with Crippen LogP contribution in [-0.4, -0.2) is 31.5 Å². The fourth-order valence-corrected chi connectivity index (χ4v) is 2.57. The lowest BCUT2D eigenvalue weighted by molar-refractivity contribution is -0.115. The average molecular weight is 434 g/mol. The zero-order chi connectivity index (χ0) is 15.8. The Labute approximate surface area is 153 Å². The highest BCUT2D eigenvalue weighted by Gasteiger charge is 2.14. The normalized spacial score (nSPS) is 15.5. The first-order chi connectivity index (χ1) is 10.7. The van der Waals surface area contributed by atoms with Crippen LogP contribution in [0, 0.1) is 5.82 Å². The molecule has 5 nitrogen and oxygen atoms in total. The van der Waals surface area contributed by atoms with Crippen molar-refractivity contribution < 1.29 is 9.18 Å². The summed E-state index contributed by atoms with van der Waals surface area (Å²) in [5.41, 5.74) is 0.446. The highest BCUT2D eigenvalue weighted by atomic mass is 127. The molecule has 3 N–H and O–H groups in total. The molecule has 1 amide bonds. The van der Waals surface area contributed by atoms with Gasteiger partial charge in [-0.2, -0.15) is 0 Å². The van der Waals surface area contributed by atoms with E-state index in [4.69, 9.17) is 0 Å². The summed E-state index contributed by atoms with van der Waals surface area (Å²) in [5, 5.41) is 8.96. The number of benzene rings is 1. The molecule has 128 valence electrons. The Hall–Kier alpha value is -1.38. The maximum atomic E-state index is 13.1. The predicted molar refractivity (Wildman–Crippen MR) is 102 cm³/mol. The molecule has 0 bridgehead atoms. The maximum absolute atomic E-state index is 13.1. The number of amides is 1. The first-order valence-corrected chi connectivity index (χ1v) is 7.70. The second kappa shape index (κ2) is 10.4. The molecule has 0 heterocycles. The molecule has 0 radical (unpaired) electrons. The molecule has 1 saturated carbocycles. The third kappa shape index (κ3) is 7.15. The van der Waals surface area contributed by atoms with Crippen LogP contribution in [0.25, 0.3) is 0 Å². The van der Waals surface area contributed by atoms with E-state index in [1.807, 2.05) is 0 Å². The molecule has 0 saturated heterocycles. The molecular weight excluding hydrogens is 410 g/mol. The average Bonchev–Trinajstić information content (AvgIpc) is 2.52. The number of hydrogen-bond acceptors (Lipinski definition) is 2. The van der Waals surface area contributed by atoms with Crippen LogP contribution in [-0.2, 0) is 4.79 Å². The Bertz CT molecular complexity index is 533. The van der Waals surface area contributed by atoms with Gasteiger partial charge in [-0.3, -0.25) is 9.79 Å². The summed E-state index contributed by atoms with van der Waals surface area (Å²) in [7, 11) is 1.68. The van der Waals surface area contributed by atoms with Crippen LogP contribution in [0.1, 0.15) is 32.1 Å². The third-order valence-electron chi connectivity index (χ3n) is 3.69. The molecule has 23 heavy (non-hydrogen) atoms. The highest BCUT2D eigenvalue weighted by molar-refractivity contribution is 14.0. The minimum absolute atomic E-state index is 0. The standard InChI is InChI=1S/C16H23FN4O.HI/c1-18-16(21-13-7-3-2-4-8-13)19-11-15(22)20-14-9-5-6-12(17)10-14;/h5-6,9-10,13H,2-4,7-8,11H2,1H3,(H,20,22)(H2,18,19,21);1H. The Kier molecular flexibility index (Phi) is 8.90. The van der Waals surface area contributed by atoms with Gasteiger partial charge in [-0.05, 0) is 31.0 Å². The van der Waals surface area contributed by atoms with Gasteiger partial charge in [-0.15, -0.1) is 24.0 Å². The van der Waals surface area contributed by atoms with Gasteiger partial charge in [0.2, 0.25) is 5.91 Å². The molecule has 1 fully saturated rings. The number of rotatable bonds is 4. The van der Waals surface area contributed by atoms with E-state index < -0.39 is 0 Å². The quantitative estimate of drug-likeness (QED) is 0.388. The molecule has 0 aliphatic heterocycles. The lowest BCUT2D eigenvalue weighted by Gasteiger charge is -2.24. The second-order valence-electron chi connectivity index (χ2n) is 5.46. The van der Waals surface area contributed by atoms with Crippen LogP contribution < -0.4 is 16.0 Å². The number of carbonyl (C=O) groups excluding carboxylic acids is 1. The maximum Gasteiger partial charge on any atom is 0.243 e. The zero-order valence-electron chi connectivity index (χ0n) is 13.3. The van der Waals surface area contributed by atoms with Gasteiger partial charge in [0.1, 0.15) is 5.82 Å². The van der Waals surface area contributed by atoms with Crippen molar-refractivity contribution in [2.75, 3.05) is 18.9 Å². The van der Waals surface area contributed by atoms with E-state index >= 15 is 0 Å². The van der Waals surface area contributed by atoms with Crippen molar-refractivity contribution in [1.29, 1.82) is 0 Å². The van der Waals surface area contributed by atoms with Crippen LogP contribution in [0.3, 0.4) is 0 Å². The first-order valence-electron chi connectivity index (χ1n) is 7.70. The Morgan fingerprint density at radius 2 is 2.04 bits per heavy atom. The minimum atomic E-state index is -0.375. The monoisotopic (exact) mass is 434 g/mol. The Morgan fingerprint density at radius 3 is 2.70 bits per heavy atom. The summed E-state index contributed by atoms with van der Waals surface area (Å²) in [6.45, 7) is 0.0862. The zero-order valence-corrected chi connectivity index (χ0v) is 15.6. The summed E-state index contributed by atoms with van der Waals surface area (Å²) < 4.78 is 13.1. The van der Waals surface area contributed by atoms with E-state index in [2.05, 4.69) is 20.9 Å². The molecule has 0 atom stereocenters. The van der Waals surface area contributed by atoms with Gasteiger partial charge in [0.05, 0.1) is 6.54 Å². The van der Waals surface area contributed by atoms with Crippen molar-refractivity contribution in [1.82, 2.24) is 10.6 Å². The molecule has 1 aromatic carbocycles. The lowest BCUT2D eigenvalue weighted by atomic mass is 9.96. The summed E-state index contributed by atoms with van der Waals surface area (Å²) in [6, 6.07) is 6.25. The summed E-state index contributed by atoms with van der Waals surface area (Å²) in [5.74, 6) is 0.0130. The van der Waals surface area contributed by atoms with E-state index in [9.17, 15) is 9.18 Å². The van der Waals surface area contributed by atoms with Gasteiger partial charge < -0.3 is 16.0 Å². The Balaban J connectivity index is 0.00000264. The predicted octanol–water partition coefficient (Wildman–Crippen LogP) is 2.88. The fourth-order valence-electron chi connectivity index (χ4n) is 2.57. The van der Waals surface area contributed by atoms with Crippen LogP contribution in [0.2, 0.25) is 0 Å². The summed E-state index contributed by atoms with van der Waals surface area (Å²) in [4.78, 5) is 16.0. The van der Waals surface area contributed by atoms with Gasteiger partial charge in [0.15, 0.2) is 5.96 Å². The number of guanidine groups is 1. The van der Waals surface area contributed by atoms with Crippen LogP contribution in [0.5, 0.6) is 0 Å². The molecule has 2 rings (SSSR count). The molecular formula is C16H24FIN4O. The van der Waals surface area contributed by atoms with Gasteiger partial charge in [0, 0.05) is 18.8 Å². The van der Waals surface area contributed by atoms with Gasteiger partial charge in [0.25, 0.3) is 0 Å². The minimum Gasteiger partial charge on any atom is -0.354 e. The van der Waals surface area contributed by atoms with Crippen molar-refractivity contribution in [3.05, 3.63) is 30.1 Å². The van der Waals surface area contributed by atoms with Crippen LogP contribution in [0.4, 0.5) is 10.1 Å². The second-order valence-corrected chi connectivity index (χ2v) is 5.46. The number of anilines is 1. The fraction of sp³-hybridized carbons (Fsp3) is 0.500. The smallest absolute Gasteiger partial charge is 0.243 e. The number of aliphatic imine (C=N–C) groups is 1. The number of hydrogen-bond donors (Lipinski definition) is 3. The van der Waals surface area contributed by atoms with Gasteiger partial charge >= 0.3 is 0 Å². The molecule has 1 aliphatic carbocycles. The van der Waals surface area contributed by atoms with Gasteiger partial charge in [-0.1, -0.05) is 25.3 Å². The van der Waals surface area contributed by atoms with Crippen molar-refractivity contribution in [3.8, 4) is 0 Å². The highest BCUT2D eigenvalue weighted by Crippen LogP contribution is 2.17. The van der Waals surface area contributed by atoms with Crippen LogP contribution in [0.15, 0.2) is 29.3 Å². The molecule has 0 spiro atoms. The number of carbonyl (C=O) groups is 1. The van der Waals surface area contributed by atoms with Crippen molar-refractivity contribution >= 4 is 41.5 Å². The number of nitrogens with one attached hydrogen (secondary N) is 3. The SMILES string of the molecule is CN=C(NCC(=O)Nc1cccc(F)c1)NC1CCCCC1.I. The van der Waals surface area contributed by atoms with E-state index in [1.165, 1.54) is 31.4 Å². The topological polar surface area (TPSA) is 65.5 Å². The molecule has 0 aromatic heterocycles. The van der Waals surface area contributed by atoms with E-state index in [0.717, 1.165) is 12.8 Å². The largest absolute Gasteiger partial charge is 0.354 e. The van der Waals surface area contributed by atoms with Crippen molar-refractivity contribution in [2.45, 2.75) is 38.1 Å². The van der Waals surface area contributed by atoms with Crippen molar-refractivity contribution in [3.63, 3.8) is 0 Å². The number of nitrogens with zero attached hydrogens (tertiary/aromatic N) is 1. The summed E-state index contributed by atoms with van der Waals surface area (Å²) >= 11 is 0.